The van der Waals surface area contributed by atoms with E-state index in [0.717, 1.165) is 37.0 Å². The van der Waals surface area contributed by atoms with Crippen LogP contribution in [0.1, 0.15) is 36.0 Å². The summed E-state index contributed by atoms with van der Waals surface area (Å²) in [5.74, 6) is 2.60. The van der Waals surface area contributed by atoms with Crippen LogP contribution in [0, 0.1) is 6.92 Å². The Morgan fingerprint density at radius 3 is 3.04 bits per heavy atom. The molecule has 0 spiro atoms. The fourth-order valence-electron chi connectivity index (χ4n) is 3.88. The molecule has 2 aromatic rings. The van der Waals surface area contributed by atoms with Crippen LogP contribution in [0.5, 0.6) is 0 Å². The maximum absolute atomic E-state index is 4.84. The first kappa shape index (κ1) is 17.8. The van der Waals surface area contributed by atoms with Gasteiger partial charge >= 0.3 is 0 Å². The summed E-state index contributed by atoms with van der Waals surface area (Å²) >= 11 is 0. The molecule has 1 saturated heterocycles. The number of fused-ring (bicyclic) bond motifs is 1. The molecule has 0 aliphatic carbocycles. The van der Waals surface area contributed by atoms with Gasteiger partial charge in [0.25, 0.3) is 0 Å². The van der Waals surface area contributed by atoms with Crippen molar-refractivity contribution < 1.29 is 0 Å². The van der Waals surface area contributed by atoms with Gasteiger partial charge in [-0.15, -0.1) is 0 Å². The SMILES string of the molecule is Cc1ccnc(Nc2cc3c(c(NCCC4CCCN4C)n2)CNC=C3)c1. The zero-order valence-electron chi connectivity index (χ0n) is 16.1. The minimum absolute atomic E-state index is 0.684. The number of rotatable bonds is 6. The summed E-state index contributed by atoms with van der Waals surface area (Å²) in [6.07, 6.45) is 9.67. The minimum atomic E-state index is 0.684. The van der Waals surface area contributed by atoms with Crippen molar-refractivity contribution in [3.8, 4) is 0 Å². The molecule has 1 atom stereocenters. The predicted octanol–water partition coefficient (Wildman–Crippen LogP) is 3.50. The number of pyridine rings is 2. The third-order valence-corrected chi connectivity index (χ3v) is 5.43. The third-order valence-electron chi connectivity index (χ3n) is 5.43. The van der Waals surface area contributed by atoms with Crippen LogP contribution in [0.3, 0.4) is 0 Å². The largest absolute Gasteiger partial charge is 0.387 e. The zero-order valence-corrected chi connectivity index (χ0v) is 16.1. The summed E-state index contributed by atoms with van der Waals surface area (Å²) in [6, 6.07) is 6.80. The molecule has 27 heavy (non-hydrogen) atoms. The Kier molecular flexibility index (Phi) is 5.25. The van der Waals surface area contributed by atoms with Gasteiger partial charge in [-0.05, 0) is 81.4 Å². The first-order valence-electron chi connectivity index (χ1n) is 9.77. The number of nitrogens with zero attached hydrogens (tertiary/aromatic N) is 3. The number of aryl methyl sites for hydroxylation is 1. The van der Waals surface area contributed by atoms with Crippen molar-refractivity contribution in [2.75, 3.05) is 30.8 Å². The zero-order chi connectivity index (χ0) is 18.6. The van der Waals surface area contributed by atoms with Crippen molar-refractivity contribution in [1.82, 2.24) is 20.2 Å². The van der Waals surface area contributed by atoms with Crippen LogP contribution in [-0.4, -0.2) is 41.0 Å². The lowest BCUT2D eigenvalue weighted by molar-refractivity contribution is 0.301. The van der Waals surface area contributed by atoms with Crippen molar-refractivity contribution in [2.24, 2.45) is 0 Å². The van der Waals surface area contributed by atoms with Gasteiger partial charge in [0.2, 0.25) is 0 Å². The maximum atomic E-state index is 4.84. The van der Waals surface area contributed by atoms with Gasteiger partial charge in [0.15, 0.2) is 0 Å². The number of aromatic nitrogens is 2. The number of hydrogen-bond donors (Lipinski definition) is 3. The van der Waals surface area contributed by atoms with E-state index in [4.69, 9.17) is 4.98 Å². The summed E-state index contributed by atoms with van der Waals surface area (Å²) < 4.78 is 0. The van der Waals surface area contributed by atoms with Gasteiger partial charge in [0.05, 0.1) is 0 Å². The van der Waals surface area contributed by atoms with Gasteiger partial charge < -0.3 is 20.9 Å². The van der Waals surface area contributed by atoms with E-state index >= 15 is 0 Å². The summed E-state index contributed by atoms with van der Waals surface area (Å²) in [5, 5.41) is 10.2. The lowest BCUT2D eigenvalue weighted by atomic mass is 10.1. The standard InChI is InChI=1S/C21H28N6/c1-15-5-9-23-19(12-15)25-20-13-16-6-8-22-14-18(16)21(26-20)24-10-7-17-4-3-11-27(17)2/h5-6,8-9,12-13,17,22H,3-4,7,10-11,14H2,1-2H3,(H2,23,24,25,26). The molecule has 1 fully saturated rings. The van der Waals surface area contributed by atoms with E-state index in [0.29, 0.717) is 6.04 Å². The number of likely N-dealkylation sites (tertiary alicyclic amines) is 1. The van der Waals surface area contributed by atoms with Crippen LogP contribution in [0.2, 0.25) is 0 Å². The summed E-state index contributed by atoms with van der Waals surface area (Å²) in [5.41, 5.74) is 3.59. The van der Waals surface area contributed by atoms with Gasteiger partial charge in [-0.3, -0.25) is 0 Å². The van der Waals surface area contributed by atoms with Gasteiger partial charge in [0, 0.05) is 30.9 Å². The Labute approximate surface area is 161 Å². The Morgan fingerprint density at radius 1 is 1.30 bits per heavy atom. The molecule has 1 unspecified atom stereocenters. The maximum Gasteiger partial charge on any atom is 0.134 e. The van der Waals surface area contributed by atoms with Crippen LogP contribution >= 0.6 is 0 Å². The highest BCUT2D eigenvalue weighted by molar-refractivity contribution is 5.69. The van der Waals surface area contributed by atoms with E-state index in [9.17, 15) is 0 Å². The van der Waals surface area contributed by atoms with Gasteiger partial charge in [-0.2, -0.15) is 0 Å². The molecule has 0 radical (unpaired) electrons. The fourth-order valence-corrected chi connectivity index (χ4v) is 3.88. The fraction of sp³-hybridized carbons (Fsp3) is 0.429. The lowest BCUT2D eigenvalue weighted by Gasteiger charge is -2.22. The average Bonchev–Trinajstić information content (AvgIpc) is 3.07. The van der Waals surface area contributed by atoms with E-state index in [2.05, 4.69) is 51.9 Å². The molecule has 0 aromatic carbocycles. The molecule has 4 rings (SSSR count). The monoisotopic (exact) mass is 364 g/mol. The molecule has 0 saturated carbocycles. The molecule has 4 heterocycles. The summed E-state index contributed by atoms with van der Waals surface area (Å²) in [6.45, 7) is 5.02. The number of nitrogens with one attached hydrogen (secondary N) is 3. The molecule has 6 nitrogen and oxygen atoms in total. The Bertz CT molecular complexity index is 831. The van der Waals surface area contributed by atoms with Gasteiger partial charge in [-0.25, -0.2) is 9.97 Å². The first-order chi connectivity index (χ1) is 13.2. The van der Waals surface area contributed by atoms with Gasteiger partial charge in [0.1, 0.15) is 17.5 Å². The van der Waals surface area contributed by atoms with Gasteiger partial charge in [-0.1, -0.05) is 0 Å². The normalized spacial score (nSPS) is 18.8. The topological polar surface area (TPSA) is 65.1 Å². The van der Waals surface area contributed by atoms with E-state index < -0.39 is 0 Å². The average molecular weight is 364 g/mol. The van der Waals surface area contributed by atoms with Crippen LogP contribution in [-0.2, 0) is 6.54 Å². The van der Waals surface area contributed by atoms with Crippen molar-refractivity contribution in [3.05, 3.63) is 47.3 Å². The molecule has 0 bridgehead atoms. The quantitative estimate of drug-likeness (QED) is 0.729. The predicted molar refractivity (Wildman–Crippen MR) is 111 cm³/mol. The van der Waals surface area contributed by atoms with Crippen LogP contribution in [0.4, 0.5) is 17.5 Å². The minimum Gasteiger partial charge on any atom is -0.387 e. The third kappa shape index (κ3) is 4.22. The highest BCUT2D eigenvalue weighted by Gasteiger charge is 2.20. The molecular formula is C21H28N6. The van der Waals surface area contributed by atoms with E-state index in [1.807, 2.05) is 24.5 Å². The van der Waals surface area contributed by atoms with Crippen LogP contribution in [0.25, 0.3) is 6.08 Å². The number of anilines is 3. The van der Waals surface area contributed by atoms with Crippen molar-refractivity contribution in [2.45, 2.75) is 38.8 Å². The molecule has 142 valence electrons. The van der Waals surface area contributed by atoms with Crippen molar-refractivity contribution in [3.63, 3.8) is 0 Å². The van der Waals surface area contributed by atoms with E-state index in [1.165, 1.54) is 36.1 Å². The second-order valence-corrected chi connectivity index (χ2v) is 7.47. The Balaban J connectivity index is 1.51. The molecule has 2 aliphatic rings. The summed E-state index contributed by atoms with van der Waals surface area (Å²) in [7, 11) is 2.23. The molecular weight excluding hydrogens is 336 g/mol. The molecule has 6 heteroatoms. The molecule has 3 N–H and O–H groups in total. The molecule has 2 aliphatic heterocycles. The first-order valence-corrected chi connectivity index (χ1v) is 9.77. The lowest BCUT2D eigenvalue weighted by Crippen LogP contribution is -2.27. The smallest absolute Gasteiger partial charge is 0.134 e. The molecule has 2 aromatic heterocycles. The molecule has 0 amide bonds. The van der Waals surface area contributed by atoms with Crippen molar-refractivity contribution >= 4 is 23.5 Å². The van der Waals surface area contributed by atoms with E-state index in [1.54, 1.807) is 0 Å². The van der Waals surface area contributed by atoms with E-state index in [-0.39, 0.29) is 0 Å². The second-order valence-electron chi connectivity index (χ2n) is 7.47. The highest BCUT2D eigenvalue weighted by atomic mass is 15.2. The van der Waals surface area contributed by atoms with Crippen LogP contribution < -0.4 is 16.0 Å². The summed E-state index contributed by atoms with van der Waals surface area (Å²) in [4.78, 5) is 11.7. The van der Waals surface area contributed by atoms with Crippen LogP contribution in [0.15, 0.2) is 30.6 Å². The second kappa shape index (κ2) is 7.96. The highest BCUT2D eigenvalue weighted by Crippen LogP contribution is 2.27. The number of hydrogen-bond acceptors (Lipinski definition) is 6. The Morgan fingerprint density at radius 2 is 2.22 bits per heavy atom. The Hall–Kier alpha value is -2.60. The van der Waals surface area contributed by atoms with Crippen molar-refractivity contribution in [1.29, 1.82) is 0 Å².